The molecule has 128 valence electrons. The summed E-state index contributed by atoms with van der Waals surface area (Å²) in [6.07, 6.45) is 0. The number of carbonyl (C=O) groups is 1. The Hall–Kier alpha value is -2.02. The van der Waals surface area contributed by atoms with E-state index in [1.165, 1.54) is 0 Å². The van der Waals surface area contributed by atoms with Gasteiger partial charge in [0.1, 0.15) is 0 Å². The molecule has 0 atom stereocenters. The van der Waals surface area contributed by atoms with Gasteiger partial charge in [-0.05, 0) is 36.8 Å². The van der Waals surface area contributed by atoms with Gasteiger partial charge in [0, 0.05) is 10.7 Å². The maximum Gasteiger partial charge on any atom is 0.277 e. The number of rotatable bonds is 5. The molecule has 0 fully saturated rings. The Balaban J connectivity index is 1.59. The number of anilines is 1. The Morgan fingerprint density at radius 2 is 1.96 bits per heavy atom. The zero-order chi connectivity index (χ0) is 17.8. The molecule has 1 heterocycles. The summed E-state index contributed by atoms with van der Waals surface area (Å²) in [6, 6.07) is 12.5. The summed E-state index contributed by atoms with van der Waals surface area (Å²) in [6.45, 7) is 1.90. The second kappa shape index (κ2) is 7.91. The van der Waals surface area contributed by atoms with Gasteiger partial charge in [-0.1, -0.05) is 53.2 Å². The molecule has 0 aliphatic heterocycles. The van der Waals surface area contributed by atoms with Crippen molar-refractivity contribution in [2.75, 3.05) is 11.1 Å². The van der Waals surface area contributed by atoms with Gasteiger partial charge in [0.15, 0.2) is 0 Å². The van der Waals surface area contributed by atoms with Crippen molar-refractivity contribution in [2.24, 2.45) is 0 Å². The van der Waals surface area contributed by atoms with Crippen LogP contribution in [0.25, 0.3) is 11.5 Å². The average Bonchev–Trinajstić information content (AvgIpc) is 3.05. The molecule has 0 unspecified atom stereocenters. The number of hydrogen-bond donors (Lipinski definition) is 1. The molecular formula is C17H13Cl2N3O2S. The van der Waals surface area contributed by atoms with Gasteiger partial charge in [0.25, 0.3) is 5.22 Å². The highest BCUT2D eigenvalue weighted by molar-refractivity contribution is 7.99. The first-order valence-corrected chi connectivity index (χ1v) is 9.04. The molecule has 1 N–H and O–H groups in total. The smallest absolute Gasteiger partial charge is 0.277 e. The number of amides is 1. The summed E-state index contributed by atoms with van der Waals surface area (Å²) in [7, 11) is 0. The second-order valence-electron chi connectivity index (χ2n) is 5.15. The fourth-order valence-electron chi connectivity index (χ4n) is 2.01. The Morgan fingerprint density at radius 1 is 1.16 bits per heavy atom. The molecule has 5 nitrogen and oxygen atoms in total. The average molecular weight is 394 g/mol. The highest BCUT2D eigenvalue weighted by atomic mass is 35.5. The van der Waals surface area contributed by atoms with Crippen LogP contribution in [0.1, 0.15) is 5.56 Å². The minimum atomic E-state index is -0.192. The van der Waals surface area contributed by atoms with E-state index in [0.29, 0.717) is 32.4 Å². The van der Waals surface area contributed by atoms with E-state index in [-0.39, 0.29) is 11.7 Å². The predicted octanol–water partition coefficient (Wildman–Crippen LogP) is 5.08. The van der Waals surface area contributed by atoms with Crippen LogP contribution in [0.15, 0.2) is 52.1 Å². The molecule has 0 aliphatic rings. The maximum absolute atomic E-state index is 12.0. The highest BCUT2D eigenvalue weighted by Crippen LogP contribution is 2.28. The Labute approximate surface area is 158 Å². The minimum Gasteiger partial charge on any atom is -0.411 e. The zero-order valence-electron chi connectivity index (χ0n) is 13.1. The molecule has 2 aromatic carbocycles. The van der Waals surface area contributed by atoms with Gasteiger partial charge in [-0.3, -0.25) is 4.79 Å². The molecule has 3 rings (SSSR count). The zero-order valence-corrected chi connectivity index (χ0v) is 15.5. The molecule has 1 aromatic heterocycles. The number of nitrogens with zero attached hydrogens (tertiary/aromatic N) is 2. The van der Waals surface area contributed by atoms with Gasteiger partial charge in [-0.2, -0.15) is 0 Å². The van der Waals surface area contributed by atoms with Gasteiger partial charge in [0.2, 0.25) is 11.8 Å². The number of nitrogens with one attached hydrogen (secondary N) is 1. The number of benzene rings is 2. The number of halogens is 2. The van der Waals surface area contributed by atoms with Crippen LogP contribution in [-0.4, -0.2) is 21.9 Å². The Bertz CT molecular complexity index is 914. The van der Waals surface area contributed by atoms with Gasteiger partial charge >= 0.3 is 0 Å². The van der Waals surface area contributed by atoms with E-state index in [4.69, 9.17) is 27.6 Å². The third kappa shape index (κ3) is 4.54. The van der Waals surface area contributed by atoms with E-state index >= 15 is 0 Å². The molecule has 0 spiro atoms. The standard InChI is InChI=1S/C17H13Cl2N3O2S/c1-10-6-7-11(8-14(10)19)20-15(23)9-25-17-22-21-16(24-17)12-4-2-3-5-13(12)18/h2-8H,9H2,1H3,(H,20,23). The van der Waals surface area contributed by atoms with Crippen LogP contribution in [0.3, 0.4) is 0 Å². The van der Waals surface area contributed by atoms with E-state index in [1.54, 1.807) is 24.3 Å². The van der Waals surface area contributed by atoms with E-state index in [1.807, 2.05) is 25.1 Å². The third-order valence-electron chi connectivity index (χ3n) is 3.29. The normalized spacial score (nSPS) is 10.7. The molecule has 8 heteroatoms. The van der Waals surface area contributed by atoms with Crippen molar-refractivity contribution < 1.29 is 9.21 Å². The third-order valence-corrected chi connectivity index (χ3v) is 4.85. The summed E-state index contributed by atoms with van der Waals surface area (Å²) in [5.41, 5.74) is 2.25. The van der Waals surface area contributed by atoms with Crippen LogP contribution < -0.4 is 5.32 Å². The fourth-order valence-corrected chi connectivity index (χ4v) is 2.97. The van der Waals surface area contributed by atoms with Crippen LogP contribution in [0.4, 0.5) is 5.69 Å². The van der Waals surface area contributed by atoms with Gasteiger partial charge in [-0.25, -0.2) is 0 Å². The second-order valence-corrected chi connectivity index (χ2v) is 6.89. The number of carbonyl (C=O) groups excluding carboxylic acids is 1. The molecule has 0 aliphatic carbocycles. The maximum atomic E-state index is 12.0. The van der Waals surface area contributed by atoms with E-state index < -0.39 is 0 Å². The highest BCUT2D eigenvalue weighted by Gasteiger charge is 2.13. The molecule has 0 radical (unpaired) electrons. The molecule has 25 heavy (non-hydrogen) atoms. The lowest BCUT2D eigenvalue weighted by Gasteiger charge is -2.05. The summed E-state index contributed by atoms with van der Waals surface area (Å²) < 4.78 is 5.54. The number of aryl methyl sites for hydroxylation is 1. The number of aromatic nitrogens is 2. The van der Waals surface area contributed by atoms with Crippen molar-refractivity contribution in [1.82, 2.24) is 10.2 Å². The number of thioether (sulfide) groups is 1. The van der Waals surface area contributed by atoms with Crippen LogP contribution in [0.2, 0.25) is 10.0 Å². The predicted molar refractivity (Wildman–Crippen MR) is 100 cm³/mol. The Morgan fingerprint density at radius 3 is 2.72 bits per heavy atom. The van der Waals surface area contributed by atoms with Crippen LogP contribution in [0.5, 0.6) is 0 Å². The Kier molecular flexibility index (Phi) is 5.63. The first-order chi connectivity index (χ1) is 12.0. The fraction of sp³-hybridized carbons (Fsp3) is 0.118. The van der Waals surface area contributed by atoms with Crippen molar-refractivity contribution in [3.63, 3.8) is 0 Å². The topological polar surface area (TPSA) is 68.0 Å². The number of hydrogen-bond acceptors (Lipinski definition) is 5. The van der Waals surface area contributed by atoms with Crippen LogP contribution in [0, 0.1) is 6.92 Å². The summed E-state index contributed by atoms with van der Waals surface area (Å²) in [5.74, 6) is 0.261. The van der Waals surface area contributed by atoms with E-state index in [9.17, 15) is 4.79 Å². The van der Waals surface area contributed by atoms with Crippen molar-refractivity contribution in [3.8, 4) is 11.5 Å². The largest absolute Gasteiger partial charge is 0.411 e. The van der Waals surface area contributed by atoms with Gasteiger partial charge in [-0.15, -0.1) is 10.2 Å². The summed E-state index contributed by atoms with van der Waals surface area (Å²) >= 11 is 13.3. The van der Waals surface area contributed by atoms with Crippen LogP contribution in [-0.2, 0) is 4.79 Å². The first kappa shape index (κ1) is 17.8. The van der Waals surface area contributed by atoms with Crippen molar-refractivity contribution in [2.45, 2.75) is 12.1 Å². The van der Waals surface area contributed by atoms with Crippen molar-refractivity contribution in [3.05, 3.63) is 58.1 Å². The minimum absolute atomic E-state index is 0.135. The molecule has 0 bridgehead atoms. The SMILES string of the molecule is Cc1ccc(NC(=O)CSc2nnc(-c3ccccc3Cl)o2)cc1Cl. The van der Waals surface area contributed by atoms with Gasteiger partial charge < -0.3 is 9.73 Å². The first-order valence-electron chi connectivity index (χ1n) is 7.30. The monoisotopic (exact) mass is 393 g/mol. The summed E-state index contributed by atoms with van der Waals surface area (Å²) in [5, 5.41) is 12.1. The molecule has 1 amide bonds. The quantitative estimate of drug-likeness (QED) is 0.611. The van der Waals surface area contributed by atoms with Crippen molar-refractivity contribution in [1.29, 1.82) is 0 Å². The lowest BCUT2D eigenvalue weighted by molar-refractivity contribution is -0.113. The molecule has 3 aromatic rings. The lowest BCUT2D eigenvalue weighted by atomic mass is 10.2. The van der Waals surface area contributed by atoms with Gasteiger partial charge in [0.05, 0.1) is 16.3 Å². The molecule has 0 saturated heterocycles. The molecular weight excluding hydrogens is 381 g/mol. The van der Waals surface area contributed by atoms with E-state index in [0.717, 1.165) is 17.3 Å². The molecule has 0 saturated carbocycles. The van der Waals surface area contributed by atoms with E-state index in [2.05, 4.69) is 15.5 Å². The van der Waals surface area contributed by atoms with Crippen molar-refractivity contribution >= 4 is 46.6 Å². The lowest BCUT2D eigenvalue weighted by Crippen LogP contribution is -2.14. The van der Waals surface area contributed by atoms with Crippen LogP contribution >= 0.6 is 35.0 Å². The summed E-state index contributed by atoms with van der Waals surface area (Å²) in [4.78, 5) is 12.0.